The van der Waals surface area contributed by atoms with Crippen molar-refractivity contribution >= 4 is 5.96 Å². The molecule has 1 aromatic heterocycles. The molecule has 8 heteroatoms. The number of furan rings is 1. The van der Waals surface area contributed by atoms with Crippen molar-refractivity contribution < 1.29 is 22.7 Å². The summed E-state index contributed by atoms with van der Waals surface area (Å²) in [5.41, 5.74) is 0.594. The van der Waals surface area contributed by atoms with Crippen LogP contribution < -0.4 is 15.4 Å². The maximum atomic E-state index is 12.5. The van der Waals surface area contributed by atoms with Crippen molar-refractivity contribution in [3.05, 3.63) is 54.0 Å². The Hall–Kier alpha value is -2.61. The fourth-order valence-corrected chi connectivity index (χ4v) is 2.30. The van der Waals surface area contributed by atoms with E-state index < -0.39 is 6.61 Å². The van der Waals surface area contributed by atoms with Gasteiger partial charge in [-0.05, 0) is 31.5 Å². The summed E-state index contributed by atoms with van der Waals surface area (Å²) < 4.78 is 40.2. The molecular formula is C19H25F2N3O3. The van der Waals surface area contributed by atoms with E-state index >= 15 is 0 Å². The van der Waals surface area contributed by atoms with Gasteiger partial charge in [0.2, 0.25) is 0 Å². The number of ether oxygens (including phenoxy) is 2. The van der Waals surface area contributed by atoms with Crippen molar-refractivity contribution in [3.63, 3.8) is 0 Å². The molecule has 2 rings (SSSR count). The molecule has 148 valence electrons. The molecular weight excluding hydrogens is 356 g/mol. The van der Waals surface area contributed by atoms with E-state index in [1.807, 2.05) is 19.1 Å². The molecule has 0 fully saturated rings. The van der Waals surface area contributed by atoms with Crippen LogP contribution in [0.4, 0.5) is 8.78 Å². The highest BCUT2D eigenvalue weighted by Crippen LogP contribution is 2.20. The molecule has 0 amide bonds. The van der Waals surface area contributed by atoms with Gasteiger partial charge in [0.15, 0.2) is 5.96 Å². The second-order valence-corrected chi connectivity index (χ2v) is 5.59. The van der Waals surface area contributed by atoms with E-state index in [2.05, 4.69) is 20.4 Å². The minimum absolute atomic E-state index is 0.137. The summed E-state index contributed by atoms with van der Waals surface area (Å²) in [6.45, 7) is 1.71. The fraction of sp³-hybridized carbons (Fsp3) is 0.421. The highest BCUT2D eigenvalue weighted by molar-refractivity contribution is 5.79. The minimum atomic E-state index is -2.86. The lowest BCUT2D eigenvalue weighted by Gasteiger charge is -2.12. The first kappa shape index (κ1) is 20.7. The summed E-state index contributed by atoms with van der Waals surface area (Å²) in [5, 5.41) is 6.31. The number of hydrogen-bond acceptors (Lipinski definition) is 4. The molecule has 2 aromatic rings. The first-order valence-corrected chi connectivity index (χ1v) is 8.84. The first-order valence-electron chi connectivity index (χ1n) is 8.84. The number of nitrogens with zero attached hydrogens (tertiary/aromatic N) is 1. The van der Waals surface area contributed by atoms with Crippen molar-refractivity contribution in [1.82, 2.24) is 10.6 Å². The number of halogens is 2. The number of rotatable bonds is 11. The molecule has 1 heterocycles. The highest BCUT2D eigenvalue weighted by Gasteiger charge is 2.09. The summed E-state index contributed by atoms with van der Waals surface area (Å²) in [6.07, 6.45) is 2.40. The molecule has 6 nitrogen and oxygen atoms in total. The lowest BCUT2D eigenvalue weighted by atomic mass is 10.2. The largest absolute Gasteiger partial charge is 0.467 e. The molecule has 1 aromatic carbocycles. The summed E-state index contributed by atoms with van der Waals surface area (Å²) in [4.78, 5) is 4.42. The molecule has 0 radical (unpaired) electrons. The van der Waals surface area contributed by atoms with E-state index in [9.17, 15) is 8.78 Å². The lowest BCUT2D eigenvalue weighted by Crippen LogP contribution is -2.38. The monoisotopic (exact) mass is 381 g/mol. The van der Waals surface area contributed by atoms with Crippen LogP contribution in [0.2, 0.25) is 0 Å². The topological polar surface area (TPSA) is 68.0 Å². The number of benzene rings is 1. The first-order chi connectivity index (χ1) is 13.2. The zero-order valence-corrected chi connectivity index (χ0v) is 15.3. The molecule has 0 unspecified atom stereocenters. The van der Waals surface area contributed by atoms with Crippen LogP contribution in [0.25, 0.3) is 0 Å². The molecule has 0 saturated heterocycles. The number of nitrogens with one attached hydrogen (secondary N) is 2. The van der Waals surface area contributed by atoms with Gasteiger partial charge in [0.05, 0.1) is 12.8 Å². The van der Waals surface area contributed by atoms with Crippen LogP contribution in [0, 0.1) is 0 Å². The van der Waals surface area contributed by atoms with Crippen molar-refractivity contribution in [2.24, 2.45) is 4.99 Å². The number of alkyl halides is 2. The molecule has 0 aliphatic carbocycles. The number of para-hydroxylation sites is 1. The molecule has 0 saturated carbocycles. The zero-order valence-electron chi connectivity index (χ0n) is 15.3. The van der Waals surface area contributed by atoms with E-state index in [4.69, 9.17) is 9.15 Å². The van der Waals surface area contributed by atoms with Crippen LogP contribution in [0.3, 0.4) is 0 Å². The van der Waals surface area contributed by atoms with E-state index in [1.54, 1.807) is 24.5 Å². The van der Waals surface area contributed by atoms with Crippen LogP contribution >= 0.6 is 0 Å². The second-order valence-electron chi connectivity index (χ2n) is 5.59. The van der Waals surface area contributed by atoms with E-state index in [1.165, 1.54) is 6.07 Å². The average molecular weight is 381 g/mol. The maximum Gasteiger partial charge on any atom is 0.387 e. The normalized spacial score (nSPS) is 11.6. The number of guanidine groups is 1. The van der Waals surface area contributed by atoms with Gasteiger partial charge in [-0.15, -0.1) is 0 Å². The third-order valence-electron chi connectivity index (χ3n) is 3.52. The Balaban J connectivity index is 1.76. The molecule has 0 bridgehead atoms. The zero-order chi connectivity index (χ0) is 19.3. The van der Waals surface area contributed by atoms with Gasteiger partial charge in [0.25, 0.3) is 0 Å². The Morgan fingerprint density at radius 2 is 2.04 bits per heavy atom. The van der Waals surface area contributed by atoms with E-state index in [0.29, 0.717) is 37.8 Å². The van der Waals surface area contributed by atoms with Gasteiger partial charge in [-0.25, -0.2) is 4.99 Å². The predicted molar refractivity (Wildman–Crippen MR) is 98.9 cm³/mol. The Morgan fingerprint density at radius 1 is 1.19 bits per heavy atom. The molecule has 0 spiro atoms. The SMILES string of the molecule is CCNC(=NCc1ccccc1OC(F)F)NCCCOCc1ccco1. The van der Waals surface area contributed by atoms with Gasteiger partial charge in [-0.2, -0.15) is 8.78 Å². The average Bonchev–Trinajstić information content (AvgIpc) is 3.16. The summed E-state index contributed by atoms with van der Waals surface area (Å²) in [5.74, 6) is 1.54. The Morgan fingerprint density at radius 3 is 2.78 bits per heavy atom. The van der Waals surface area contributed by atoms with E-state index in [0.717, 1.165) is 12.2 Å². The molecule has 0 aliphatic heterocycles. The molecule has 0 atom stereocenters. The predicted octanol–water partition coefficient (Wildman–Crippen LogP) is 3.54. The van der Waals surface area contributed by atoms with Gasteiger partial charge < -0.3 is 24.5 Å². The van der Waals surface area contributed by atoms with E-state index in [-0.39, 0.29) is 12.3 Å². The van der Waals surface area contributed by atoms with Gasteiger partial charge in [0.1, 0.15) is 18.1 Å². The second kappa shape index (κ2) is 11.9. The van der Waals surface area contributed by atoms with Crippen LogP contribution in [-0.4, -0.2) is 32.3 Å². The Kier molecular flexibility index (Phi) is 9.12. The smallest absolute Gasteiger partial charge is 0.387 e. The van der Waals surface area contributed by atoms with Gasteiger partial charge in [-0.3, -0.25) is 0 Å². The quantitative estimate of drug-likeness (QED) is 0.354. The Labute approximate surface area is 157 Å². The van der Waals surface area contributed by atoms with Crippen LogP contribution in [0.5, 0.6) is 5.75 Å². The van der Waals surface area contributed by atoms with Crippen LogP contribution in [0.15, 0.2) is 52.1 Å². The maximum absolute atomic E-state index is 12.5. The van der Waals surface area contributed by atoms with Crippen molar-refractivity contribution in [2.45, 2.75) is 33.1 Å². The third kappa shape index (κ3) is 8.08. The molecule has 27 heavy (non-hydrogen) atoms. The molecule has 2 N–H and O–H groups in total. The van der Waals surface area contributed by atoms with Gasteiger partial charge in [-0.1, -0.05) is 18.2 Å². The third-order valence-corrected chi connectivity index (χ3v) is 3.52. The van der Waals surface area contributed by atoms with Crippen LogP contribution in [0.1, 0.15) is 24.7 Å². The minimum Gasteiger partial charge on any atom is -0.467 e. The highest BCUT2D eigenvalue weighted by atomic mass is 19.3. The summed E-state index contributed by atoms with van der Waals surface area (Å²) >= 11 is 0. The van der Waals surface area contributed by atoms with Gasteiger partial charge >= 0.3 is 6.61 Å². The Bertz CT molecular complexity index is 679. The number of aliphatic imine (C=N–C) groups is 1. The summed E-state index contributed by atoms with van der Waals surface area (Å²) in [6, 6.07) is 10.3. The van der Waals surface area contributed by atoms with Crippen molar-refractivity contribution in [3.8, 4) is 5.75 Å². The van der Waals surface area contributed by atoms with Crippen molar-refractivity contribution in [2.75, 3.05) is 19.7 Å². The summed E-state index contributed by atoms with van der Waals surface area (Å²) in [7, 11) is 0. The molecule has 0 aliphatic rings. The standard InChI is InChI=1S/C19H25F2N3O3/c1-2-22-19(23-10-6-11-25-14-16-8-5-12-26-16)24-13-15-7-3-4-9-17(15)27-18(20)21/h3-5,7-9,12,18H,2,6,10-11,13-14H2,1H3,(H2,22,23,24). The van der Waals surface area contributed by atoms with Crippen LogP contribution in [-0.2, 0) is 17.9 Å². The lowest BCUT2D eigenvalue weighted by molar-refractivity contribution is -0.0504. The number of hydrogen-bond donors (Lipinski definition) is 2. The fourth-order valence-electron chi connectivity index (χ4n) is 2.30. The van der Waals surface area contributed by atoms with Gasteiger partial charge in [0, 0.05) is 25.3 Å². The van der Waals surface area contributed by atoms with Crippen molar-refractivity contribution in [1.29, 1.82) is 0 Å².